The monoisotopic (exact) mass is 280 g/mol. The third-order valence-electron chi connectivity index (χ3n) is 2.37. The Kier molecular flexibility index (Phi) is 5.49. The van der Waals surface area contributed by atoms with E-state index < -0.39 is 23.7 Å². The number of carboxylic acid groups (broad SMARTS) is 1. The van der Waals surface area contributed by atoms with E-state index in [4.69, 9.17) is 9.84 Å². The molecule has 1 amide bonds. The molecule has 6 nitrogen and oxygen atoms in total. The summed E-state index contributed by atoms with van der Waals surface area (Å²) >= 11 is 0. The minimum atomic E-state index is -0.972. The van der Waals surface area contributed by atoms with E-state index in [9.17, 15) is 9.59 Å². The van der Waals surface area contributed by atoms with Crippen LogP contribution in [0.5, 0.6) is 0 Å². The molecule has 0 radical (unpaired) electrons. The van der Waals surface area contributed by atoms with Gasteiger partial charge < -0.3 is 15.2 Å². The molecule has 0 aliphatic carbocycles. The molecular weight excluding hydrogens is 260 g/mol. The van der Waals surface area contributed by atoms with Crippen LogP contribution in [-0.4, -0.2) is 33.8 Å². The second-order valence-electron chi connectivity index (χ2n) is 5.50. The van der Waals surface area contributed by atoms with E-state index in [0.29, 0.717) is 6.42 Å². The van der Waals surface area contributed by atoms with Crippen molar-refractivity contribution >= 4 is 12.1 Å². The van der Waals surface area contributed by atoms with Crippen LogP contribution in [0.15, 0.2) is 24.5 Å². The molecule has 0 saturated carbocycles. The number of carbonyl (C=O) groups is 2. The first kappa shape index (κ1) is 15.9. The average molecular weight is 280 g/mol. The smallest absolute Gasteiger partial charge is 0.407 e. The molecule has 110 valence electrons. The number of alkyl carbamates (subject to hydrolysis) is 1. The van der Waals surface area contributed by atoms with Gasteiger partial charge in [0, 0.05) is 18.4 Å². The van der Waals surface area contributed by atoms with Gasteiger partial charge >= 0.3 is 12.1 Å². The largest absolute Gasteiger partial charge is 0.481 e. The summed E-state index contributed by atoms with van der Waals surface area (Å²) in [4.78, 5) is 26.5. The van der Waals surface area contributed by atoms with Crippen LogP contribution in [-0.2, 0) is 16.0 Å². The molecule has 0 saturated heterocycles. The molecule has 0 aliphatic heterocycles. The minimum absolute atomic E-state index is 0.165. The molecule has 2 N–H and O–H groups in total. The summed E-state index contributed by atoms with van der Waals surface area (Å²) in [5, 5.41) is 11.5. The minimum Gasteiger partial charge on any atom is -0.481 e. The second kappa shape index (κ2) is 6.88. The first-order valence-electron chi connectivity index (χ1n) is 6.36. The molecule has 0 aliphatic rings. The summed E-state index contributed by atoms with van der Waals surface area (Å²) in [6, 6.07) is 3.04. The number of carbonyl (C=O) groups excluding carboxylic acids is 1. The van der Waals surface area contributed by atoms with E-state index in [1.807, 2.05) is 0 Å². The Labute approximate surface area is 118 Å². The predicted molar refractivity (Wildman–Crippen MR) is 73.4 cm³/mol. The zero-order valence-electron chi connectivity index (χ0n) is 11.9. The standard InChI is InChI=1S/C14H20N2O4/c1-14(2,3)20-13(19)16-11(9-12(17)18)8-10-4-6-15-7-5-10/h4-7,11H,8-9H2,1-3H3,(H,16,19)(H,17,18). The molecule has 0 fully saturated rings. The van der Waals surface area contributed by atoms with Gasteiger partial charge in [0.25, 0.3) is 0 Å². The lowest BCUT2D eigenvalue weighted by Gasteiger charge is -2.23. The molecule has 20 heavy (non-hydrogen) atoms. The van der Waals surface area contributed by atoms with Crippen LogP contribution in [0.2, 0.25) is 0 Å². The van der Waals surface area contributed by atoms with Gasteiger partial charge in [0.15, 0.2) is 0 Å². The van der Waals surface area contributed by atoms with Crippen LogP contribution >= 0.6 is 0 Å². The number of nitrogens with one attached hydrogen (secondary N) is 1. The lowest BCUT2D eigenvalue weighted by molar-refractivity contribution is -0.137. The van der Waals surface area contributed by atoms with Gasteiger partial charge in [-0.25, -0.2) is 4.79 Å². The molecule has 1 rings (SSSR count). The van der Waals surface area contributed by atoms with Crippen molar-refractivity contribution in [2.45, 2.75) is 45.3 Å². The summed E-state index contributed by atoms with van der Waals surface area (Å²) < 4.78 is 5.13. The Morgan fingerprint density at radius 2 is 1.95 bits per heavy atom. The molecule has 1 heterocycles. The molecule has 0 bridgehead atoms. The first-order valence-corrected chi connectivity index (χ1v) is 6.36. The third kappa shape index (κ3) is 6.72. The van der Waals surface area contributed by atoms with E-state index >= 15 is 0 Å². The summed E-state index contributed by atoms with van der Waals surface area (Å²) in [7, 11) is 0. The summed E-state index contributed by atoms with van der Waals surface area (Å²) in [5.74, 6) is -0.972. The van der Waals surface area contributed by atoms with Gasteiger partial charge in [-0.3, -0.25) is 9.78 Å². The molecule has 1 unspecified atom stereocenters. The van der Waals surface area contributed by atoms with Crippen molar-refractivity contribution in [2.24, 2.45) is 0 Å². The SMILES string of the molecule is CC(C)(C)OC(=O)NC(CC(=O)O)Cc1ccncc1. The number of rotatable bonds is 5. The highest BCUT2D eigenvalue weighted by atomic mass is 16.6. The van der Waals surface area contributed by atoms with Crippen molar-refractivity contribution in [1.29, 1.82) is 0 Å². The van der Waals surface area contributed by atoms with Crippen molar-refractivity contribution in [1.82, 2.24) is 10.3 Å². The average Bonchev–Trinajstić information content (AvgIpc) is 2.26. The van der Waals surface area contributed by atoms with Crippen molar-refractivity contribution in [3.63, 3.8) is 0 Å². The van der Waals surface area contributed by atoms with Gasteiger partial charge in [-0.05, 0) is 44.9 Å². The highest BCUT2D eigenvalue weighted by Gasteiger charge is 2.21. The Balaban J connectivity index is 2.65. The second-order valence-corrected chi connectivity index (χ2v) is 5.50. The van der Waals surface area contributed by atoms with Crippen LogP contribution in [0.4, 0.5) is 4.79 Å². The fraction of sp³-hybridized carbons (Fsp3) is 0.500. The van der Waals surface area contributed by atoms with Gasteiger partial charge in [0.2, 0.25) is 0 Å². The first-order chi connectivity index (χ1) is 9.26. The van der Waals surface area contributed by atoms with E-state index in [-0.39, 0.29) is 6.42 Å². The van der Waals surface area contributed by atoms with Crippen molar-refractivity contribution in [3.8, 4) is 0 Å². The van der Waals surface area contributed by atoms with Gasteiger partial charge in [0.1, 0.15) is 5.60 Å². The van der Waals surface area contributed by atoms with Crippen LogP contribution in [0.25, 0.3) is 0 Å². The summed E-state index contributed by atoms with van der Waals surface area (Å²) in [6.45, 7) is 5.25. The van der Waals surface area contributed by atoms with Crippen molar-refractivity contribution < 1.29 is 19.4 Å². The predicted octanol–water partition coefficient (Wildman–Crippen LogP) is 1.99. The maximum absolute atomic E-state index is 11.7. The lowest BCUT2D eigenvalue weighted by Crippen LogP contribution is -2.41. The molecular formula is C14H20N2O4. The fourth-order valence-electron chi connectivity index (χ4n) is 1.66. The van der Waals surface area contributed by atoms with Gasteiger partial charge in [0.05, 0.1) is 6.42 Å². The number of aromatic nitrogens is 1. The number of nitrogens with zero attached hydrogens (tertiary/aromatic N) is 1. The number of hydrogen-bond acceptors (Lipinski definition) is 4. The maximum atomic E-state index is 11.7. The Hall–Kier alpha value is -2.11. The van der Waals surface area contributed by atoms with E-state index in [0.717, 1.165) is 5.56 Å². The topological polar surface area (TPSA) is 88.5 Å². The summed E-state index contributed by atoms with van der Waals surface area (Å²) in [6.07, 6.45) is 2.88. The zero-order chi connectivity index (χ0) is 15.2. The highest BCUT2D eigenvalue weighted by Crippen LogP contribution is 2.09. The highest BCUT2D eigenvalue weighted by molar-refractivity contribution is 5.71. The summed E-state index contributed by atoms with van der Waals surface area (Å²) in [5.41, 5.74) is 0.288. The van der Waals surface area contributed by atoms with Crippen LogP contribution in [0, 0.1) is 0 Å². The van der Waals surface area contributed by atoms with Crippen molar-refractivity contribution in [3.05, 3.63) is 30.1 Å². The molecule has 1 atom stereocenters. The van der Waals surface area contributed by atoms with E-state index in [2.05, 4.69) is 10.3 Å². The van der Waals surface area contributed by atoms with Crippen LogP contribution in [0.1, 0.15) is 32.8 Å². The Morgan fingerprint density at radius 3 is 2.45 bits per heavy atom. The van der Waals surface area contributed by atoms with Gasteiger partial charge in [-0.1, -0.05) is 0 Å². The zero-order valence-corrected chi connectivity index (χ0v) is 11.9. The maximum Gasteiger partial charge on any atom is 0.407 e. The number of amides is 1. The van der Waals surface area contributed by atoms with Crippen LogP contribution < -0.4 is 5.32 Å². The Bertz CT molecular complexity index is 454. The number of carboxylic acids is 1. The molecule has 0 spiro atoms. The number of ether oxygens (including phenoxy) is 1. The van der Waals surface area contributed by atoms with E-state index in [1.165, 1.54) is 0 Å². The molecule has 6 heteroatoms. The Morgan fingerprint density at radius 1 is 1.35 bits per heavy atom. The van der Waals surface area contributed by atoms with Crippen LogP contribution in [0.3, 0.4) is 0 Å². The lowest BCUT2D eigenvalue weighted by atomic mass is 10.0. The quantitative estimate of drug-likeness (QED) is 0.861. The number of hydrogen-bond donors (Lipinski definition) is 2. The third-order valence-corrected chi connectivity index (χ3v) is 2.37. The van der Waals surface area contributed by atoms with Crippen molar-refractivity contribution in [2.75, 3.05) is 0 Å². The van der Waals surface area contributed by atoms with Gasteiger partial charge in [-0.2, -0.15) is 0 Å². The molecule has 1 aromatic rings. The molecule has 0 aromatic carbocycles. The number of aliphatic carboxylic acids is 1. The van der Waals surface area contributed by atoms with Gasteiger partial charge in [-0.15, -0.1) is 0 Å². The van der Waals surface area contributed by atoms with E-state index in [1.54, 1.807) is 45.3 Å². The molecule has 1 aromatic heterocycles. The normalized spacial score (nSPS) is 12.6. The number of pyridine rings is 1. The fourth-order valence-corrected chi connectivity index (χ4v) is 1.66.